The number of nitrogens with one attached hydrogen (secondary N) is 2. The van der Waals surface area contributed by atoms with Gasteiger partial charge in [-0.25, -0.2) is 8.42 Å². The molecule has 0 radical (unpaired) electrons. The van der Waals surface area contributed by atoms with E-state index in [2.05, 4.69) is 10.0 Å². The van der Waals surface area contributed by atoms with Crippen molar-refractivity contribution in [2.45, 2.75) is 12.5 Å². The van der Waals surface area contributed by atoms with E-state index in [-0.39, 0.29) is 6.04 Å². The van der Waals surface area contributed by atoms with Crippen molar-refractivity contribution in [2.24, 2.45) is 0 Å². The molecule has 2 N–H and O–H groups in total. The molecule has 1 heterocycles. The van der Waals surface area contributed by atoms with Crippen molar-refractivity contribution in [3.63, 3.8) is 0 Å². The van der Waals surface area contributed by atoms with Crippen LogP contribution in [0.25, 0.3) is 0 Å². The highest BCUT2D eigenvalue weighted by atomic mass is 35.5. The van der Waals surface area contributed by atoms with Crippen LogP contribution in [0.4, 0.5) is 11.4 Å². The summed E-state index contributed by atoms with van der Waals surface area (Å²) in [7, 11) is -3.31. The van der Waals surface area contributed by atoms with Crippen LogP contribution in [0.2, 0.25) is 5.02 Å². The maximum atomic E-state index is 11.1. The summed E-state index contributed by atoms with van der Waals surface area (Å²) >= 11 is 6.02. The number of benzene rings is 1. The first-order valence-corrected chi connectivity index (χ1v) is 7.82. The van der Waals surface area contributed by atoms with E-state index in [4.69, 9.17) is 16.3 Å². The number of anilines is 2. The van der Waals surface area contributed by atoms with E-state index in [1.165, 1.54) is 0 Å². The molecule has 0 saturated carbocycles. The fraction of sp³-hybridized carbons (Fsp3) is 0.455. The summed E-state index contributed by atoms with van der Waals surface area (Å²) in [5.74, 6) is 0. The molecule has 1 aromatic carbocycles. The topological polar surface area (TPSA) is 67.4 Å². The van der Waals surface area contributed by atoms with Crippen LogP contribution in [0.5, 0.6) is 0 Å². The zero-order valence-electron chi connectivity index (χ0n) is 9.94. The lowest BCUT2D eigenvalue weighted by atomic mass is 10.2. The molecule has 1 atom stereocenters. The number of ether oxygens (including phenoxy) is 1. The van der Waals surface area contributed by atoms with Gasteiger partial charge in [0.05, 0.1) is 29.6 Å². The number of hydrogen-bond acceptors (Lipinski definition) is 4. The molecule has 0 spiro atoms. The van der Waals surface area contributed by atoms with Crippen molar-refractivity contribution in [3.05, 3.63) is 23.2 Å². The van der Waals surface area contributed by atoms with E-state index >= 15 is 0 Å². The Bertz CT molecular complexity index is 527. The first-order chi connectivity index (χ1) is 8.44. The van der Waals surface area contributed by atoms with E-state index < -0.39 is 10.0 Å². The standard InChI is InChI=1S/C11H15ClN2O3S/c1-18(15,16)14-11-3-2-8(6-10(11)12)13-9-4-5-17-7-9/h2-3,6,9,13-14H,4-5,7H2,1H3. The molecule has 18 heavy (non-hydrogen) atoms. The molecule has 100 valence electrons. The third-order valence-electron chi connectivity index (χ3n) is 2.56. The summed E-state index contributed by atoms with van der Waals surface area (Å²) in [5.41, 5.74) is 1.24. The van der Waals surface area contributed by atoms with Crippen molar-refractivity contribution in [3.8, 4) is 0 Å². The summed E-state index contributed by atoms with van der Waals surface area (Å²) < 4.78 is 29.8. The van der Waals surface area contributed by atoms with Crippen molar-refractivity contribution in [1.82, 2.24) is 0 Å². The van der Waals surface area contributed by atoms with Gasteiger partial charge in [-0.1, -0.05) is 11.6 Å². The normalized spacial score (nSPS) is 19.8. The number of sulfonamides is 1. The van der Waals surface area contributed by atoms with Crippen LogP contribution < -0.4 is 10.0 Å². The monoisotopic (exact) mass is 290 g/mol. The van der Waals surface area contributed by atoms with Gasteiger partial charge in [0.1, 0.15) is 0 Å². The molecular weight excluding hydrogens is 276 g/mol. The Kier molecular flexibility index (Phi) is 3.99. The van der Waals surface area contributed by atoms with Crippen molar-refractivity contribution in [2.75, 3.05) is 29.5 Å². The first-order valence-electron chi connectivity index (χ1n) is 5.56. The molecule has 0 bridgehead atoms. The number of hydrogen-bond donors (Lipinski definition) is 2. The lowest BCUT2D eigenvalue weighted by Gasteiger charge is -2.14. The molecular formula is C11H15ClN2O3S. The Balaban J connectivity index is 2.09. The Morgan fingerprint density at radius 3 is 2.78 bits per heavy atom. The van der Waals surface area contributed by atoms with E-state index in [0.717, 1.165) is 25.0 Å². The van der Waals surface area contributed by atoms with Crippen molar-refractivity contribution >= 4 is 33.0 Å². The highest BCUT2D eigenvalue weighted by Crippen LogP contribution is 2.27. The maximum absolute atomic E-state index is 11.1. The molecule has 5 nitrogen and oxygen atoms in total. The molecule has 0 amide bonds. The highest BCUT2D eigenvalue weighted by molar-refractivity contribution is 7.92. The molecule has 0 aromatic heterocycles. The molecule has 1 aliphatic rings. The number of rotatable bonds is 4. The lowest BCUT2D eigenvalue weighted by molar-refractivity contribution is 0.195. The fourth-order valence-corrected chi connectivity index (χ4v) is 2.63. The summed E-state index contributed by atoms with van der Waals surface area (Å²) in [6.07, 6.45) is 2.05. The lowest BCUT2D eigenvalue weighted by Crippen LogP contribution is -2.18. The summed E-state index contributed by atoms with van der Waals surface area (Å²) in [6, 6.07) is 5.42. The van der Waals surface area contributed by atoms with E-state index in [0.29, 0.717) is 17.3 Å². The largest absolute Gasteiger partial charge is 0.380 e. The van der Waals surface area contributed by atoms with E-state index in [1.807, 2.05) is 0 Å². The second kappa shape index (κ2) is 5.34. The van der Waals surface area contributed by atoms with Gasteiger partial charge in [-0.3, -0.25) is 4.72 Å². The molecule has 0 aliphatic carbocycles. The van der Waals surface area contributed by atoms with Crippen LogP contribution >= 0.6 is 11.6 Å². The van der Waals surface area contributed by atoms with Gasteiger partial charge in [0.15, 0.2) is 0 Å². The molecule has 1 fully saturated rings. The van der Waals surface area contributed by atoms with Crippen LogP contribution in [0.15, 0.2) is 18.2 Å². The summed E-state index contributed by atoms with van der Waals surface area (Å²) in [6.45, 7) is 1.44. The van der Waals surface area contributed by atoms with Crippen molar-refractivity contribution in [1.29, 1.82) is 0 Å². The third-order valence-corrected chi connectivity index (χ3v) is 3.47. The predicted octanol–water partition coefficient (Wildman–Crippen LogP) is 1.91. The number of halogens is 1. The van der Waals surface area contributed by atoms with Gasteiger partial charge in [0, 0.05) is 12.3 Å². The van der Waals surface area contributed by atoms with Crippen molar-refractivity contribution < 1.29 is 13.2 Å². The Morgan fingerprint density at radius 1 is 1.44 bits per heavy atom. The van der Waals surface area contributed by atoms with Crippen LogP contribution in [0.3, 0.4) is 0 Å². The predicted molar refractivity (Wildman–Crippen MR) is 72.8 cm³/mol. The van der Waals surface area contributed by atoms with Gasteiger partial charge < -0.3 is 10.1 Å². The molecule has 7 heteroatoms. The Labute approximate surface area is 112 Å². The minimum absolute atomic E-state index is 0.287. The zero-order valence-corrected chi connectivity index (χ0v) is 11.5. The summed E-state index contributed by atoms with van der Waals surface area (Å²) in [5, 5.41) is 3.65. The minimum atomic E-state index is -3.31. The molecule has 1 aliphatic heterocycles. The average Bonchev–Trinajstić information content (AvgIpc) is 2.73. The van der Waals surface area contributed by atoms with E-state index in [9.17, 15) is 8.42 Å². The van der Waals surface area contributed by atoms with Crippen LogP contribution in [0.1, 0.15) is 6.42 Å². The minimum Gasteiger partial charge on any atom is -0.380 e. The molecule has 1 saturated heterocycles. The second-order valence-electron chi connectivity index (χ2n) is 4.27. The fourth-order valence-electron chi connectivity index (χ4n) is 1.77. The Hall–Kier alpha value is -0.980. The van der Waals surface area contributed by atoms with Gasteiger partial charge in [0.25, 0.3) is 0 Å². The smallest absolute Gasteiger partial charge is 0.229 e. The second-order valence-corrected chi connectivity index (χ2v) is 6.43. The van der Waals surface area contributed by atoms with Gasteiger partial charge in [0.2, 0.25) is 10.0 Å². The van der Waals surface area contributed by atoms with Gasteiger partial charge in [-0.15, -0.1) is 0 Å². The first kappa shape index (κ1) is 13.5. The quantitative estimate of drug-likeness (QED) is 0.889. The van der Waals surface area contributed by atoms with Gasteiger partial charge >= 0.3 is 0 Å². The maximum Gasteiger partial charge on any atom is 0.229 e. The van der Waals surface area contributed by atoms with Crippen LogP contribution in [-0.4, -0.2) is 33.9 Å². The molecule has 1 unspecified atom stereocenters. The Morgan fingerprint density at radius 2 is 2.22 bits per heavy atom. The van der Waals surface area contributed by atoms with E-state index in [1.54, 1.807) is 18.2 Å². The summed E-state index contributed by atoms with van der Waals surface area (Å²) in [4.78, 5) is 0. The van der Waals surface area contributed by atoms with Crippen LogP contribution in [-0.2, 0) is 14.8 Å². The van der Waals surface area contributed by atoms with Crippen LogP contribution in [0, 0.1) is 0 Å². The molecule has 1 aromatic rings. The molecule has 2 rings (SSSR count). The SMILES string of the molecule is CS(=O)(=O)Nc1ccc(NC2CCOC2)cc1Cl. The van der Waals surface area contributed by atoms with Gasteiger partial charge in [-0.05, 0) is 24.6 Å². The van der Waals surface area contributed by atoms with Gasteiger partial charge in [-0.2, -0.15) is 0 Å². The average molecular weight is 291 g/mol. The zero-order chi connectivity index (χ0) is 13.2. The third kappa shape index (κ3) is 3.76. The highest BCUT2D eigenvalue weighted by Gasteiger charge is 2.15.